The van der Waals surface area contributed by atoms with Crippen molar-refractivity contribution in [1.82, 2.24) is 5.32 Å². The molecule has 2 N–H and O–H groups in total. The maximum atomic E-state index is 11.4. The first-order valence-corrected chi connectivity index (χ1v) is 6.16. The Hall–Kier alpha value is -2.62. The second kappa shape index (κ2) is 7.09. The molecule has 0 heterocycles. The number of carbonyl (C=O) groups excluding carboxylic acids is 1. The predicted molar refractivity (Wildman–Crippen MR) is 74.2 cm³/mol. The molecule has 0 bridgehead atoms. The molecule has 0 atom stereocenters. The van der Waals surface area contributed by atoms with Crippen LogP contribution in [-0.2, 0) is 4.79 Å². The quantitative estimate of drug-likeness (QED) is 0.608. The molecule has 0 aliphatic rings. The van der Waals surface area contributed by atoms with Gasteiger partial charge in [-0.05, 0) is 19.9 Å². The van der Waals surface area contributed by atoms with E-state index in [0.29, 0.717) is 12.2 Å². The molecular weight excluding hydrogens is 260 g/mol. The van der Waals surface area contributed by atoms with E-state index in [1.54, 1.807) is 0 Å². The van der Waals surface area contributed by atoms with E-state index < -0.39 is 4.92 Å². The van der Waals surface area contributed by atoms with Gasteiger partial charge in [0, 0.05) is 31.1 Å². The molecule has 0 aliphatic carbocycles. The van der Waals surface area contributed by atoms with E-state index in [-0.39, 0.29) is 29.6 Å². The zero-order valence-electron chi connectivity index (χ0n) is 11.3. The Bertz CT molecular complexity index is 549. The van der Waals surface area contributed by atoms with Crippen LogP contribution in [0.3, 0.4) is 0 Å². The van der Waals surface area contributed by atoms with Crippen LogP contribution in [0.4, 0.5) is 11.4 Å². The minimum Gasteiger partial charge on any atom is -0.383 e. The fourth-order valence-electron chi connectivity index (χ4n) is 1.60. The van der Waals surface area contributed by atoms with Crippen molar-refractivity contribution >= 4 is 17.3 Å². The van der Waals surface area contributed by atoms with Gasteiger partial charge in [-0.3, -0.25) is 14.9 Å². The summed E-state index contributed by atoms with van der Waals surface area (Å²) < 4.78 is 0. The van der Waals surface area contributed by atoms with Crippen molar-refractivity contribution in [1.29, 1.82) is 5.26 Å². The lowest BCUT2D eigenvalue weighted by Gasteiger charge is -2.10. The molecule has 1 aromatic rings. The monoisotopic (exact) mass is 276 g/mol. The van der Waals surface area contributed by atoms with Crippen molar-refractivity contribution in [3.05, 3.63) is 33.9 Å². The maximum absolute atomic E-state index is 11.4. The first-order chi connectivity index (χ1) is 9.43. The normalized spacial score (nSPS) is 9.90. The third-order valence-corrected chi connectivity index (χ3v) is 2.45. The molecule has 1 rings (SSSR count). The number of hydrogen-bond donors (Lipinski definition) is 2. The van der Waals surface area contributed by atoms with Crippen molar-refractivity contribution in [2.75, 3.05) is 11.9 Å². The largest absolute Gasteiger partial charge is 0.383 e. The van der Waals surface area contributed by atoms with E-state index in [4.69, 9.17) is 5.26 Å². The van der Waals surface area contributed by atoms with Crippen molar-refractivity contribution in [3.63, 3.8) is 0 Å². The number of nitro benzene ring substituents is 1. The molecule has 7 nitrogen and oxygen atoms in total. The molecule has 0 fully saturated rings. The Labute approximate surface area is 116 Å². The number of nitro groups is 1. The molecule has 0 spiro atoms. The van der Waals surface area contributed by atoms with Crippen LogP contribution in [0, 0.1) is 21.4 Å². The summed E-state index contributed by atoms with van der Waals surface area (Å²) in [4.78, 5) is 21.5. The molecule has 0 saturated carbocycles. The lowest BCUT2D eigenvalue weighted by atomic mass is 10.1. The summed E-state index contributed by atoms with van der Waals surface area (Å²) in [6.07, 6.45) is 0.264. The van der Waals surface area contributed by atoms with Crippen LogP contribution >= 0.6 is 0 Å². The van der Waals surface area contributed by atoms with E-state index in [9.17, 15) is 14.9 Å². The molecule has 7 heteroatoms. The van der Waals surface area contributed by atoms with Crippen molar-refractivity contribution in [3.8, 4) is 6.07 Å². The Morgan fingerprint density at radius 2 is 2.20 bits per heavy atom. The topological polar surface area (TPSA) is 108 Å². The van der Waals surface area contributed by atoms with Crippen LogP contribution < -0.4 is 10.6 Å². The van der Waals surface area contributed by atoms with E-state index >= 15 is 0 Å². The van der Waals surface area contributed by atoms with E-state index in [0.717, 1.165) is 0 Å². The highest BCUT2D eigenvalue weighted by atomic mass is 16.6. The van der Waals surface area contributed by atoms with Gasteiger partial charge in [0.05, 0.1) is 16.2 Å². The standard InChI is InChI=1S/C13H16N4O3/c1-9(2)16-13(18)5-6-15-12-4-3-11(17(19)20)7-10(12)8-14/h3-4,7,9,15H,5-6H2,1-2H3,(H,16,18). The second-order valence-corrected chi connectivity index (χ2v) is 4.50. The second-order valence-electron chi connectivity index (χ2n) is 4.50. The number of nitriles is 1. The highest BCUT2D eigenvalue weighted by Gasteiger charge is 2.10. The molecule has 0 radical (unpaired) electrons. The van der Waals surface area contributed by atoms with Gasteiger partial charge in [0.15, 0.2) is 0 Å². The summed E-state index contributed by atoms with van der Waals surface area (Å²) in [5.74, 6) is -0.0899. The van der Waals surface area contributed by atoms with Crippen LogP contribution in [0.15, 0.2) is 18.2 Å². The van der Waals surface area contributed by atoms with Gasteiger partial charge in [-0.2, -0.15) is 5.26 Å². The number of hydrogen-bond acceptors (Lipinski definition) is 5. The molecular formula is C13H16N4O3. The zero-order chi connectivity index (χ0) is 15.1. The first-order valence-electron chi connectivity index (χ1n) is 6.16. The Balaban J connectivity index is 2.63. The summed E-state index contributed by atoms with van der Waals surface area (Å²) in [6.45, 7) is 4.09. The van der Waals surface area contributed by atoms with Crippen molar-refractivity contribution in [2.24, 2.45) is 0 Å². The van der Waals surface area contributed by atoms with Gasteiger partial charge in [-0.1, -0.05) is 0 Å². The van der Waals surface area contributed by atoms with Gasteiger partial charge in [-0.15, -0.1) is 0 Å². The molecule has 106 valence electrons. The van der Waals surface area contributed by atoms with Gasteiger partial charge >= 0.3 is 0 Å². The summed E-state index contributed by atoms with van der Waals surface area (Å²) in [7, 11) is 0. The number of nitrogens with zero attached hydrogens (tertiary/aromatic N) is 2. The molecule has 0 aliphatic heterocycles. The van der Waals surface area contributed by atoms with Crippen LogP contribution in [0.25, 0.3) is 0 Å². The Morgan fingerprint density at radius 3 is 2.75 bits per heavy atom. The molecule has 1 amide bonds. The number of nitrogens with one attached hydrogen (secondary N) is 2. The number of non-ortho nitro benzene ring substituents is 1. The van der Waals surface area contributed by atoms with Crippen LogP contribution in [0.1, 0.15) is 25.8 Å². The smallest absolute Gasteiger partial charge is 0.270 e. The van der Waals surface area contributed by atoms with Crippen LogP contribution in [0.2, 0.25) is 0 Å². The molecule has 0 aromatic heterocycles. The van der Waals surface area contributed by atoms with Gasteiger partial charge in [-0.25, -0.2) is 0 Å². The third kappa shape index (κ3) is 4.57. The lowest BCUT2D eigenvalue weighted by Crippen LogP contribution is -2.31. The Kier molecular flexibility index (Phi) is 5.47. The summed E-state index contributed by atoms with van der Waals surface area (Å²) in [6, 6.07) is 5.96. The summed E-state index contributed by atoms with van der Waals surface area (Å²) in [5.41, 5.74) is 0.531. The maximum Gasteiger partial charge on any atom is 0.270 e. The first kappa shape index (κ1) is 15.4. The fraction of sp³-hybridized carbons (Fsp3) is 0.385. The number of carbonyl (C=O) groups is 1. The molecule has 0 unspecified atom stereocenters. The molecule has 1 aromatic carbocycles. The van der Waals surface area contributed by atoms with Gasteiger partial charge in [0.25, 0.3) is 5.69 Å². The predicted octanol–water partition coefficient (Wildman–Crippen LogP) is 1.79. The number of benzene rings is 1. The van der Waals surface area contributed by atoms with Crippen LogP contribution in [-0.4, -0.2) is 23.4 Å². The Morgan fingerprint density at radius 1 is 1.50 bits per heavy atom. The SMILES string of the molecule is CC(C)NC(=O)CCNc1ccc([N+](=O)[O-])cc1C#N. The average Bonchev–Trinajstić information content (AvgIpc) is 2.37. The molecule has 20 heavy (non-hydrogen) atoms. The highest BCUT2D eigenvalue weighted by Crippen LogP contribution is 2.21. The lowest BCUT2D eigenvalue weighted by molar-refractivity contribution is -0.384. The summed E-state index contributed by atoms with van der Waals surface area (Å²) in [5, 5.41) is 25.2. The minimum atomic E-state index is -0.555. The number of amides is 1. The number of rotatable bonds is 6. The summed E-state index contributed by atoms with van der Waals surface area (Å²) >= 11 is 0. The highest BCUT2D eigenvalue weighted by molar-refractivity contribution is 5.76. The van der Waals surface area contributed by atoms with Crippen molar-refractivity contribution in [2.45, 2.75) is 26.3 Å². The zero-order valence-corrected chi connectivity index (χ0v) is 11.3. The van der Waals surface area contributed by atoms with E-state index in [2.05, 4.69) is 10.6 Å². The number of anilines is 1. The van der Waals surface area contributed by atoms with Crippen molar-refractivity contribution < 1.29 is 9.72 Å². The van der Waals surface area contributed by atoms with E-state index in [1.807, 2.05) is 19.9 Å². The minimum absolute atomic E-state index is 0.0801. The van der Waals surface area contributed by atoms with Crippen LogP contribution in [0.5, 0.6) is 0 Å². The van der Waals surface area contributed by atoms with E-state index in [1.165, 1.54) is 18.2 Å². The molecule has 0 saturated heterocycles. The van der Waals surface area contributed by atoms with Gasteiger partial charge in [0.1, 0.15) is 6.07 Å². The van der Waals surface area contributed by atoms with Gasteiger partial charge in [0.2, 0.25) is 5.91 Å². The average molecular weight is 276 g/mol. The third-order valence-electron chi connectivity index (χ3n) is 2.45. The van der Waals surface area contributed by atoms with Gasteiger partial charge < -0.3 is 10.6 Å². The fourth-order valence-corrected chi connectivity index (χ4v) is 1.60.